The van der Waals surface area contributed by atoms with Gasteiger partial charge in [0, 0.05) is 17.3 Å². The lowest BCUT2D eigenvalue weighted by Crippen LogP contribution is -2.16. The van der Waals surface area contributed by atoms with Crippen LogP contribution >= 0.6 is 0 Å². The van der Waals surface area contributed by atoms with Gasteiger partial charge in [-0.2, -0.15) is 0 Å². The number of amides is 1. The van der Waals surface area contributed by atoms with Gasteiger partial charge in [-0.3, -0.25) is 9.78 Å². The Morgan fingerprint density at radius 1 is 1.18 bits per heavy atom. The zero-order valence-electron chi connectivity index (χ0n) is 12.2. The van der Waals surface area contributed by atoms with Gasteiger partial charge in [-0.15, -0.1) is 0 Å². The van der Waals surface area contributed by atoms with E-state index in [0.717, 1.165) is 16.5 Å². The molecule has 2 aromatic heterocycles. The van der Waals surface area contributed by atoms with Crippen LogP contribution in [0.1, 0.15) is 11.3 Å². The van der Waals surface area contributed by atoms with Crippen LogP contribution in [0.2, 0.25) is 0 Å². The maximum Gasteiger partial charge on any atom is 0.231 e. The number of nitrogen functional groups attached to an aromatic ring is 1. The smallest absolute Gasteiger partial charge is 0.231 e. The summed E-state index contributed by atoms with van der Waals surface area (Å²) in [7, 11) is 0. The summed E-state index contributed by atoms with van der Waals surface area (Å²) in [6, 6.07) is 13.0. The number of anilines is 2. The zero-order valence-corrected chi connectivity index (χ0v) is 12.2. The predicted octanol–water partition coefficient (Wildman–Crippen LogP) is 2.70. The van der Waals surface area contributed by atoms with E-state index in [1.165, 1.54) is 0 Å². The molecule has 1 aromatic carbocycles. The van der Waals surface area contributed by atoms with Crippen LogP contribution in [0.3, 0.4) is 0 Å². The second-order valence-electron chi connectivity index (χ2n) is 5.20. The standard InChI is InChI=1S/C17H16N4O/c1-11-6-7-19-16(8-11)21-17(22)10-14-4-2-12-9-13(18)3-5-15(12)20-14/h2-9H,10,18H2,1H3,(H,19,21,22). The first-order chi connectivity index (χ1) is 10.6. The van der Waals surface area contributed by atoms with Gasteiger partial charge in [0.25, 0.3) is 0 Å². The number of rotatable bonds is 3. The fourth-order valence-corrected chi connectivity index (χ4v) is 2.24. The fourth-order valence-electron chi connectivity index (χ4n) is 2.24. The van der Waals surface area contributed by atoms with Crippen molar-refractivity contribution in [1.82, 2.24) is 9.97 Å². The number of aryl methyl sites for hydroxylation is 1. The topological polar surface area (TPSA) is 80.9 Å². The molecule has 0 saturated carbocycles. The minimum Gasteiger partial charge on any atom is -0.399 e. The number of aromatic nitrogens is 2. The predicted molar refractivity (Wildman–Crippen MR) is 87.5 cm³/mol. The first-order valence-corrected chi connectivity index (χ1v) is 6.98. The number of nitrogens with zero attached hydrogens (tertiary/aromatic N) is 2. The van der Waals surface area contributed by atoms with Gasteiger partial charge in [0.15, 0.2) is 0 Å². The van der Waals surface area contributed by atoms with Crippen LogP contribution in [-0.2, 0) is 11.2 Å². The number of hydrogen-bond donors (Lipinski definition) is 2. The molecule has 5 heteroatoms. The van der Waals surface area contributed by atoms with Gasteiger partial charge < -0.3 is 11.1 Å². The van der Waals surface area contributed by atoms with Crippen molar-refractivity contribution in [2.75, 3.05) is 11.1 Å². The lowest BCUT2D eigenvalue weighted by molar-refractivity contribution is -0.115. The highest BCUT2D eigenvalue weighted by Crippen LogP contribution is 2.16. The molecule has 22 heavy (non-hydrogen) atoms. The maximum atomic E-state index is 12.1. The highest BCUT2D eigenvalue weighted by molar-refractivity contribution is 5.91. The average molecular weight is 292 g/mol. The Morgan fingerprint density at radius 2 is 2.05 bits per heavy atom. The van der Waals surface area contributed by atoms with Crippen molar-refractivity contribution < 1.29 is 4.79 Å². The summed E-state index contributed by atoms with van der Waals surface area (Å²) < 4.78 is 0. The first kappa shape index (κ1) is 14.0. The first-order valence-electron chi connectivity index (χ1n) is 6.98. The molecule has 0 aliphatic carbocycles. The van der Waals surface area contributed by atoms with Crippen LogP contribution in [0.5, 0.6) is 0 Å². The number of carbonyl (C=O) groups excluding carboxylic acids is 1. The summed E-state index contributed by atoms with van der Waals surface area (Å²) in [5.74, 6) is 0.416. The molecule has 0 aliphatic rings. The van der Waals surface area contributed by atoms with E-state index in [2.05, 4.69) is 15.3 Å². The molecule has 2 heterocycles. The quantitative estimate of drug-likeness (QED) is 0.727. The van der Waals surface area contributed by atoms with Crippen molar-refractivity contribution in [3.05, 3.63) is 59.9 Å². The Balaban J connectivity index is 1.75. The minimum absolute atomic E-state index is 0.139. The Hall–Kier alpha value is -2.95. The SMILES string of the molecule is Cc1ccnc(NC(=O)Cc2ccc3cc(N)ccc3n2)c1. The molecule has 0 spiro atoms. The molecule has 0 aliphatic heterocycles. The Morgan fingerprint density at radius 3 is 2.86 bits per heavy atom. The van der Waals surface area contributed by atoms with Crippen molar-refractivity contribution in [1.29, 1.82) is 0 Å². The van der Waals surface area contributed by atoms with Crippen molar-refractivity contribution >= 4 is 28.3 Å². The summed E-state index contributed by atoms with van der Waals surface area (Å²) in [4.78, 5) is 20.7. The van der Waals surface area contributed by atoms with E-state index in [-0.39, 0.29) is 12.3 Å². The Bertz CT molecular complexity index is 845. The molecule has 110 valence electrons. The summed E-state index contributed by atoms with van der Waals surface area (Å²) >= 11 is 0. The van der Waals surface area contributed by atoms with Gasteiger partial charge in [0.2, 0.25) is 5.91 Å². The van der Waals surface area contributed by atoms with Gasteiger partial charge >= 0.3 is 0 Å². The molecule has 3 rings (SSSR count). The molecule has 0 unspecified atom stereocenters. The fraction of sp³-hybridized carbons (Fsp3) is 0.118. The molecule has 0 atom stereocenters. The van der Waals surface area contributed by atoms with Crippen LogP contribution in [0.15, 0.2) is 48.7 Å². The average Bonchev–Trinajstić information content (AvgIpc) is 2.47. The molecule has 1 amide bonds. The lowest BCUT2D eigenvalue weighted by atomic mass is 10.1. The van der Waals surface area contributed by atoms with E-state index in [4.69, 9.17) is 5.73 Å². The number of nitrogens with two attached hydrogens (primary N) is 1. The van der Waals surface area contributed by atoms with Gasteiger partial charge in [-0.25, -0.2) is 4.98 Å². The third kappa shape index (κ3) is 3.20. The van der Waals surface area contributed by atoms with Crippen molar-refractivity contribution in [2.45, 2.75) is 13.3 Å². The number of fused-ring (bicyclic) bond motifs is 1. The number of carbonyl (C=O) groups is 1. The van der Waals surface area contributed by atoms with E-state index < -0.39 is 0 Å². The van der Waals surface area contributed by atoms with Crippen molar-refractivity contribution in [2.24, 2.45) is 0 Å². The normalized spacial score (nSPS) is 10.6. The molecule has 0 saturated heterocycles. The Kier molecular flexibility index (Phi) is 3.70. The molecule has 5 nitrogen and oxygen atoms in total. The highest BCUT2D eigenvalue weighted by Gasteiger charge is 2.07. The van der Waals surface area contributed by atoms with E-state index in [0.29, 0.717) is 17.2 Å². The summed E-state index contributed by atoms with van der Waals surface area (Å²) in [6.45, 7) is 1.95. The van der Waals surface area contributed by atoms with Crippen LogP contribution < -0.4 is 11.1 Å². The summed E-state index contributed by atoms with van der Waals surface area (Å²) in [5, 5.41) is 3.74. The third-order valence-corrected chi connectivity index (χ3v) is 3.30. The minimum atomic E-state index is -0.139. The molecule has 0 radical (unpaired) electrons. The largest absolute Gasteiger partial charge is 0.399 e. The second kappa shape index (κ2) is 5.81. The van der Waals surface area contributed by atoms with Gasteiger partial charge in [-0.1, -0.05) is 6.07 Å². The lowest BCUT2D eigenvalue weighted by Gasteiger charge is -2.06. The van der Waals surface area contributed by atoms with E-state index >= 15 is 0 Å². The van der Waals surface area contributed by atoms with Crippen LogP contribution in [0.4, 0.5) is 11.5 Å². The monoisotopic (exact) mass is 292 g/mol. The summed E-state index contributed by atoms with van der Waals surface area (Å²) in [6.07, 6.45) is 1.87. The Labute approximate surface area is 128 Å². The van der Waals surface area contributed by atoms with Crippen LogP contribution in [-0.4, -0.2) is 15.9 Å². The van der Waals surface area contributed by atoms with Gasteiger partial charge in [0.05, 0.1) is 17.6 Å². The third-order valence-electron chi connectivity index (χ3n) is 3.30. The molecular weight excluding hydrogens is 276 g/mol. The molecule has 0 bridgehead atoms. The summed E-state index contributed by atoms with van der Waals surface area (Å²) in [5.41, 5.74) is 9.03. The van der Waals surface area contributed by atoms with Gasteiger partial charge in [-0.05, 0) is 48.9 Å². The zero-order chi connectivity index (χ0) is 15.5. The number of benzene rings is 1. The number of hydrogen-bond acceptors (Lipinski definition) is 4. The highest BCUT2D eigenvalue weighted by atomic mass is 16.1. The maximum absolute atomic E-state index is 12.1. The van der Waals surface area contributed by atoms with Crippen LogP contribution in [0, 0.1) is 6.92 Å². The molecule has 3 aromatic rings. The van der Waals surface area contributed by atoms with Gasteiger partial charge in [0.1, 0.15) is 5.82 Å². The van der Waals surface area contributed by atoms with E-state index in [9.17, 15) is 4.79 Å². The molecule has 0 fully saturated rings. The molecular formula is C17H16N4O. The number of pyridine rings is 2. The second-order valence-corrected chi connectivity index (χ2v) is 5.20. The van der Waals surface area contributed by atoms with E-state index in [1.54, 1.807) is 12.3 Å². The van der Waals surface area contributed by atoms with Crippen molar-refractivity contribution in [3.8, 4) is 0 Å². The van der Waals surface area contributed by atoms with E-state index in [1.807, 2.05) is 43.3 Å². The number of nitrogens with one attached hydrogen (secondary N) is 1. The van der Waals surface area contributed by atoms with Crippen molar-refractivity contribution in [3.63, 3.8) is 0 Å². The molecule has 3 N–H and O–H groups in total. The van der Waals surface area contributed by atoms with Crippen LogP contribution in [0.25, 0.3) is 10.9 Å².